The Labute approximate surface area is 254 Å². The summed E-state index contributed by atoms with van der Waals surface area (Å²) in [5.74, 6) is -0.922. The first-order chi connectivity index (χ1) is 20.1. The molecule has 11 nitrogen and oxygen atoms in total. The fourth-order valence-corrected chi connectivity index (χ4v) is 6.33. The first-order valence-electron chi connectivity index (χ1n) is 14.5. The molecule has 4 rings (SSSR count). The molecule has 2 aromatic carbocycles. The Kier molecular flexibility index (Phi) is 9.83. The van der Waals surface area contributed by atoms with E-state index in [-0.39, 0.29) is 37.9 Å². The van der Waals surface area contributed by atoms with Gasteiger partial charge in [-0.3, -0.25) is 19.3 Å². The SMILES string of the molecule is C[C@H](c1ccc(COc2cccc3c2CN(C(CCC(=O)OC(C)(C)C)C(N)=O)C3=O)cc1)N1CCN(S(C)(=O)=O)CC1. The molecule has 2 aliphatic rings. The molecule has 2 heterocycles. The van der Waals surface area contributed by atoms with Crippen LogP contribution in [0.1, 0.15) is 73.6 Å². The summed E-state index contributed by atoms with van der Waals surface area (Å²) in [6.07, 6.45) is 1.27. The normalized spacial score (nSPS) is 17.8. The molecule has 0 radical (unpaired) electrons. The number of carbonyl (C=O) groups excluding carboxylic acids is 3. The average molecular weight is 615 g/mol. The minimum Gasteiger partial charge on any atom is -0.489 e. The second-order valence-corrected chi connectivity index (χ2v) is 14.1. The van der Waals surface area contributed by atoms with E-state index in [9.17, 15) is 22.8 Å². The molecule has 0 aliphatic carbocycles. The van der Waals surface area contributed by atoms with Gasteiger partial charge in [0.1, 0.15) is 24.0 Å². The number of benzene rings is 2. The van der Waals surface area contributed by atoms with Gasteiger partial charge in [-0.2, -0.15) is 4.31 Å². The minimum absolute atomic E-state index is 0.0418. The number of ether oxygens (including phenoxy) is 2. The van der Waals surface area contributed by atoms with E-state index < -0.39 is 33.5 Å². The van der Waals surface area contributed by atoms with Gasteiger partial charge in [0.2, 0.25) is 15.9 Å². The number of hydrogen-bond donors (Lipinski definition) is 1. The van der Waals surface area contributed by atoms with Gasteiger partial charge in [-0.15, -0.1) is 0 Å². The Morgan fingerprint density at radius 1 is 1.02 bits per heavy atom. The fourth-order valence-electron chi connectivity index (χ4n) is 5.50. The van der Waals surface area contributed by atoms with E-state index in [1.54, 1.807) is 39.0 Å². The lowest BCUT2D eigenvalue weighted by molar-refractivity contribution is -0.155. The number of carbonyl (C=O) groups is 3. The van der Waals surface area contributed by atoms with Crippen LogP contribution in [0.5, 0.6) is 5.75 Å². The predicted molar refractivity (Wildman–Crippen MR) is 162 cm³/mol. The second kappa shape index (κ2) is 13.0. The molecular formula is C31H42N4O7S. The highest BCUT2D eigenvalue weighted by atomic mass is 32.2. The lowest BCUT2D eigenvalue weighted by Crippen LogP contribution is -2.48. The van der Waals surface area contributed by atoms with E-state index >= 15 is 0 Å². The number of nitrogens with zero attached hydrogens (tertiary/aromatic N) is 3. The molecule has 234 valence electrons. The largest absolute Gasteiger partial charge is 0.489 e. The molecule has 1 saturated heterocycles. The highest BCUT2D eigenvalue weighted by Crippen LogP contribution is 2.33. The van der Waals surface area contributed by atoms with Gasteiger partial charge < -0.3 is 20.1 Å². The van der Waals surface area contributed by atoms with Gasteiger partial charge >= 0.3 is 5.97 Å². The van der Waals surface area contributed by atoms with E-state index in [0.717, 1.165) is 11.1 Å². The zero-order valence-corrected chi connectivity index (χ0v) is 26.4. The molecule has 2 N–H and O–H groups in total. The zero-order chi connectivity index (χ0) is 31.5. The Bertz CT molecular complexity index is 1450. The molecule has 2 amide bonds. The van der Waals surface area contributed by atoms with Crippen LogP contribution < -0.4 is 10.5 Å². The summed E-state index contributed by atoms with van der Waals surface area (Å²) in [5.41, 5.74) is 8.20. The van der Waals surface area contributed by atoms with Crippen LogP contribution in [0.4, 0.5) is 0 Å². The van der Waals surface area contributed by atoms with Gasteiger partial charge in [0.25, 0.3) is 5.91 Å². The lowest BCUT2D eigenvalue weighted by atomic mass is 10.0. The average Bonchev–Trinajstić information content (AvgIpc) is 3.27. The first-order valence-corrected chi connectivity index (χ1v) is 16.3. The standard InChI is InChI=1S/C31H42N4O7S/c1-21(33-15-17-34(18-16-33)43(5,39)40)23-11-9-22(10-12-23)20-41-27-8-6-7-24-25(27)19-35(30(24)38)26(29(32)37)13-14-28(36)42-31(2,3)4/h6-12,21,26H,13-20H2,1-5H3,(H2,32,37)/t21-,26?/m1/s1. The summed E-state index contributed by atoms with van der Waals surface area (Å²) in [6.45, 7) is 10.2. The summed E-state index contributed by atoms with van der Waals surface area (Å²) in [6, 6.07) is 12.5. The van der Waals surface area contributed by atoms with E-state index in [1.165, 1.54) is 15.5 Å². The molecular weight excluding hydrogens is 572 g/mol. The summed E-state index contributed by atoms with van der Waals surface area (Å²) in [5, 5.41) is 0. The van der Waals surface area contributed by atoms with E-state index in [4.69, 9.17) is 15.2 Å². The van der Waals surface area contributed by atoms with Gasteiger partial charge in [0.05, 0.1) is 12.8 Å². The molecule has 1 unspecified atom stereocenters. The molecule has 2 atom stereocenters. The molecule has 0 bridgehead atoms. The molecule has 2 aliphatic heterocycles. The van der Waals surface area contributed by atoms with E-state index in [2.05, 4.69) is 24.0 Å². The number of amides is 2. The van der Waals surface area contributed by atoms with Crippen molar-refractivity contribution in [1.29, 1.82) is 0 Å². The van der Waals surface area contributed by atoms with Crippen molar-refractivity contribution in [3.8, 4) is 5.75 Å². The maximum absolute atomic E-state index is 13.3. The summed E-state index contributed by atoms with van der Waals surface area (Å²) in [4.78, 5) is 41.5. The minimum atomic E-state index is -3.17. The number of esters is 1. The van der Waals surface area contributed by atoms with Gasteiger partial charge in [0, 0.05) is 49.8 Å². The van der Waals surface area contributed by atoms with Crippen LogP contribution in [0, 0.1) is 0 Å². The van der Waals surface area contributed by atoms with Gasteiger partial charge in [-0.05, 0) is 57.4 Å². The van der Waals surface area contributed by atoms with Crippen molar-refractivity contribution in [2.24, 2.45) is 5.73 Å². The summed E-state index contributed by atoms with van der Waals surface area (Å²) in [7, 11) is -3.17. The predicted octanol–water partition coefficient (Wildman–Crippen LogP) is 2.84. The molecule has 0 spiro atoms. The van der Waals surface area contributed by atoms with E-state index in [0.29, 0.717) is 43.1 Å². The van der Waals surface area contributed by atoms with Gasteiger partial charge in [-0.25, -0.2) is 8.42 Å². The number of primary amides is 1. The van der Waals surface area contributed by atoms with E-state index in [1.807, 2.05) is 12.1 Å². The van der Waals surface area contributed by atoms with Gasteiger partial charge in [-0.1, -0.05) is 30.3 Å². The van der Waals surface area contributed by atoms with Crippen molar-refractivity contribution in [3.05, 3.63) is 64.7 Å². The Morgan fingerprint density at radius 3 is 2.26 bits per heavy atom. The first kappa shape index (κ1) is 32.4. The molecule has 12 heteroatoms. The quantitative estimate of drug-likeness (QED) is 0.381. The topological polar surface area (TPSA) is 140 Å². The van der Waals surface area contributed by atoms with Crippen LogP contribution in [0.15, 0.2) is 42.5 Å². The fraction of sp³-hybridized carbons (Fsp3) is 0.516. The third-order valence-electron chi connectivity index (χ3n) is 7.85. The Morgan fingerprint density at radius 2 is 1.67 bits per heavy atom. The zero-order valence-electron chi connectivity index (χ0n) is 25.5. The van der Waals surface area contributed by atoms with Crippen LogP contribution in [-0.2, 0) is 37.5 Å². The van der Waals surface area contributed by atoms with Crippen LogP contribution >= 0.6 is 0 Å². The number of piperazine rings is 1. The van der Waals surface area contributed by atoms with Crippen molar-refractivity contribution in [2.45, 2.75) is 71.4 Å². The monoisotopic (exact) mass is 614 g/mol. The number of sulfonamides is 1. The Balaban J connectivity index is 1.37. The van der Waals surface area contributed by atoms with Crippen LogP contribution in [0.3, 0.4) is 0 Å². The summed E-state index contributed by atoms with van der Waals surface area (Å²) < 4.78 is 36.6. The number of fused-ring (bicyclic) bond motifs is 1. The summed E-state index contributed by atoms with van der Waals surface area (Å²) >= 11 is 0. The van der Waals surface area contributed by atoms with Crippen LogP contribution in [-0.4, -0.2) is 84.4 Å². The van der Waals surface area contributed by atoms with Gasteiger partial charge in [0.15, 0.2) is 0 Å². The lowest BCUT2D eigenvalue weighted by Gasteiger charge is -2.37. The van der Waals surface area contributed by atoms with Crippen LogP contribution in [0.2, 0.25) is 0 Å². The molecule has 2 aromatic rings. The maximum Gasteiger partial charge on any atom is 0.306 e. The highest BCUT2D eigenvalue weighted by molar-refractivity contribution is 7.88. The van der Waals surface area contributed by atoms with Crippen molar-refractivity contribution >= 4 is 27.8 Å². The number of rotatable bonds is 11. The van der Waals surface area contributed by atoms with Crippen molar-refractivity contribution < 1.29 is 32.3 Å². The highest BCUT2D eigenvalue weighted by Gasteiger charge is 2.37. The third-order valence-corrected chi connectivity index (χ3v) is 9.15. The molecule has 1 fully saturated rings. The molecule has 43 heavy (non-hydrogen) atoms. The second-order valence-electron chi connectivity index (χ2n) is 12.2. The smallest absolute Gasteiger partial charge is 0.306 e. The van der Waals surface area contributed by atoms with Crippen molar-refractivity contribution in [2.75, 3.05) is 32.4 Å². The third kappa shape index (κ3) is 8.12. The van der Waals surface area contributed by atoms with Crippen molar-refractivity contribution in [1.82, 2.24) is 14.1 Å². The Hall–Kier alpha value is -3.48. The molecule has 0 saturated carbocycles. The number of nitrogens with two attached hydrogens (primary N) is 1. The molecule has 0 aromatic heterocycles. The van der Waals surface area contributed by atoms with Crippen LogP contribution in [0.25, 0.3) is 0 Å². The maximum atomic E-state index is 13.3. The van der Waals surface area contributed by atoms with Crippen molar-refractivity contribution in [3.63, 3.8) is 0 Å². The number of hydrogen-bond acceptors (Lipinski definition) is 8.